The molecular weight excluding hydrogens is 192 g/mol. The molecule has 0 aliphatic rings. The van der Waals surface area contributed by atoms with E-state index in [9.17, 15) is 0 Å². The van der Waals surface area contributed by atoms with Gasteiger partial charge in [-0.25, -0.2) is 4.98 Å². The zero-order chi connectivity index (χ0) is 10.6. The van der Waals surface area contributed by atoms with Crippen LogP contribution in [0.2, 0.25) is 0 Å². The van der Waals surface area contributed by atoms with Crippen molar-refractivity contribution in [2.24, 2.45) is 0 Å². The van der Waals surface area contributed by atoms with Gasteiger partial charge in [0.15, 0.2) is 0 Å². The van der Waals surface area contributed by atoms with Crippen molar-refractivity contribution < 1.29 is 0 Å². The van der Waals surface area contributed by atoms with Crippen molar-refractivity contribution in [2.45, 2.75) is 27.7 Å². The SMILES string of the molecule is CCNCC(C)=Cc1sc(C)nc1C. The van der Waals surface area contributed by atoms with Crippen molar-refractivity contribution in [1.29, 1.82) is 0 Å². The van der Waals surface area contributed by atoms with Gasteiger partial charge in [-0.3, -0.25) is 0 Å². The van der Waals surface area contributed by atoms with E-state index < -0.39 is 0 Å². The van der Waals surface area contributed by atoms with Crippen molar-refractivity contribution in [1.82, 2.24) is 10.3 Å². The van der Waals surface area contributed by atoms with Gasteiger partial charge in [0.2, 0.25) is 0 Å². The van der Waals surface area contributed by atoms with Gasteiger partial charge in [-0.15, -0.1) is 11.3 Å². The van der Waals surface area contributed by atoms with Gasteiger partial charge in [0.05, 0.1) is 15.6 Å². The average Bonchev–Trinajstić information content (AvgIpc) is 2.42. The molecule has 1 N–H and O–H groups in total. The molecule has 3 heteroatoms. The van der Waals surface area contributed by atoms with Crippen LogP contribution in [0, 0.1) is 13.8 Å². The molecule has 0 aliphatic heterocycles. The van der Waals surface area contributed by atoms with Gasteiger partial charge in [-0.1, -0.05) is 12.5 Å². The molecule has 0 atom stereocenters. The quantitative estimate of drug-likeness (QED) is 0.826. The van der Waals surface area contributed by atoms with E-state index in [1.165, 1.54) is 10.5 Å². The van der Waals surface area contributed by atoms with Crippen LogP contribution in [0.5, 0.6) is 0 Å². The smallest absolute Gasteiger partial charge is 0.0903 e. The van der Waals surface area contributed by atoms with Crippen LogP contribution < -0.4 is 5.32 Å². The molecule has 0 unspecified atom stereocenters. The summed E-state index contributed by atoms with van der Waals surface area (Å²) in [5.41, 5.74) is 2.50. The summed E-state index contributed by atoms with van der Waals surface area (Å²) in [6.45, 7) is 10.4. The molecule has 0 bridgehead atoms. The Morgan fingerprint density at radius 2 is 2.21 bits per heavy atom. The van der Waals surface area contributed by atoms with Gasteiger partial charge in [-0.05, 0) is 33.4 Å². The van der Waals surface area contributed by atoms with E-state index in [1.807, 2.05) is 0 Å². The van der Waals surface area contributed by atoms with Crippen LogP contribution in [0.25, 0.3) is 6.08 Å². The molecule has 0 saturated carbocycles. The highest BCUT2D eigenvalue weighted by molar-refractivity contribution is 7.12. The van der Waals surface area contributed by atoms with Crippen molar-refractivity contribution in [2.75, 3.05) is 13.1 Å². The van der Waals surface area contributed by atoms with Gasteiger partial charge in [0, 0.05) is 6.54 Å². The highest BCUT2D eigenvalue weighted by atomic mass is 32.1. The van der Waals surface area contributed by atoms with E-state index in [0.717, 1.165) is 23.8 Å². The van der Waals surface area contributed by atoms with E-state index in [1.54, 1.807) is 11.3 Å². The van der Waals surface area contributed by atoms with Gasteiger partial charge in [0.1, 0.15) is 0 Å². The molecule has 0 aromatic carbocycles. The Morgan fingerprint density at radius 3 is 2.71 bits per heavy atom. The Kier molecular flexibility index (Phi) is 4.29. The summed E-state index contributed by atoms with van der Waals surface area (Å²) in [5, 5.41) is 4.45. The average molecular weight is 210 g/mol. The van der Waals surface area contributed by atoms with Crippen molar-refractivity contribution >= 4 is 17.4 Å². The van der Waals surface area contributed by atoms with Crippen LogP contribution in [-0.4, -0.2) is 18.1 Å². The minimum atomic E-state index is 0.965. The minimum Gasteiger partial charge on any atom is -0.313 e. The maximum Gasteiger partial charge on any atom is 0.0903 e. The lowest BCUT2D eigenvalue weighted by Crippen LogP contribution is -2.14. The standard InChI is InChI=1S/C11H18N2S/c1-5-12-7-8(2)6-11-9(3)13-10(4)14-11/h6,12H,5,7H2,1-4H3. The molecule has 0 radical (unpaired) electrons. The number of thiazole rings is 1. The molecule has 1 aromatic rings. The molecule has 1 aromatic heterocycles. The molecule has 0 saturated heterocycles. The van der Waals surface area contributed by atoms with Gasteiger partial charge >= 0.3 is 0 Å². The lowest BCUT2D eigenvalue weighted by molar-refractivity contribution is 0.779. The summed E-state index contributed by atoms with van der Waals surface area (Å²) in [6, 6.07) is 0. The number of likely N-dealkylation sites (N-methyl/N-ethyl adjacent to an activating group) is 1. The highest BCUT2D eigenvalue weighted by Gasteiger charge is 2.01. The molecule has 14 heavy (non-hydrogen) atoms. The largest absolute Gasteiger partial charge is 0.313 e. The molecule has 78 valence electrons. The monoisotopic (exact) mass is 210 g/mol. The topological polar surface area (TPSA) is 24.9 Å². The first-order chi connectivity index (χ1) is 6.63. The number of nitrogens with one attached hydrogen (secondary N) is 1. The van der Waals surface area contributed by atoms with Gasteiger partial charge in [0.25, 0.3) is 0 Å². The van der Waals surface area contributed by atoms with Crippen LogP contribution in [0.1, 0.15) is 29.4 Å². The predicted octanol–water partition coefficient (Wildman–Crippen LogP) is 2.77. The van der Waals surface area contributed by atoms with Crippen LogP contribution in [0.15, 0.2) is 5.57 Å². The second-order valence-corrected chi connectivity index (χ2v) is 4.69. The summed E-state index contributed by atoms with van der Waals surface area (Å²) >= 11 is 1.76. The summed E-state index contributed by atoms with van der Waals surface area (Å²) < 4.78 is 0. The summed E-state index contributed by atoms with van der Waals surface area (Å²) in [5.74, 6) is 0. The highest BCUT2D eigenvalue weighted by Crippen LogP contribution is 2.19. The minimum absolute atomic E-state index is 0.965. The van der Waals surface area contributed by atoms with Crippen molar-refractivity contribution in [3.8, 4) is 0 Å². The van der Waals surface area contributed by atoms with E-state index in [-0.39, 0.29) is 0 Å². The normalized spacial score (nSPS) is 12.1. The summed E-state index contributed by atoms with van der Waals surface area (Å²) in [6.07, 6.45) is 2.22. The second kappa shape index (κ2) is 5.27. The third-order valence-corrected chi connectivity index (χ3v) is 2.99. The zero-order valence-corrected chi connectivity index (χ0v) is 10.2. The number of rotatable bonds is 4. The van der Waals surface area contributed by atoms with Crippen LogP contribution in [0.3, 0.4) is 0 Å². The molecule has 1 rings (SSSR count). The van der Waals surface area contributed by atoms with Gasteiger partial charge in [-0.2, -0.15) is 0 Å². The Hall–Kier alpha value is -0.670. The van der Waals surface area contributed by atoms with Crippen molar-refractivity contribution in [3.63, 3.8) is 0 Å². The van der Waals surface area contributed by atoms with Gasteiger partial charge < -0.3 is 5.32 Å². The van der Waals surface area contributed by atoms with E-state index in [0.29, 0.717) is 0 Å². The maximum absolute atomic E-state index is 4.40. The summed E-state index contributed by atoms with van der Waals surface area (Å²) in [7, 11) is 0. The first-order valence-corrected chi connectivity index (χ1v) is 5.77. The Morgan fingerprint density at radius 1 is 1.50 bits per heavy atom. The zero-order valence-electron chi connectivity index (χ0n) is 9.35. The van der Waals surface area contributed by atoms with Crippen LogP contribution in [-0.2, 0) is 0 Å². The van der Waals surface area contributed by atoms with Crippen LogP contribution >= 0.6 is 11.3 Å². The van der Waals surface area contributed by atoms with Crippen molar-refractivity contribution in [3.05, 3.63) is 21.2 Å². The number of aryl methyl sites for hydroxylation is 2. The Balaban J connectivity index is 2.70. The van der Waals surface area contributed by atoms with E-state index >= 15 is 0 Å². The first-order valence-electron chi connectivity index (χ1n) is 4.95. The molecule has 0 amide bonds. The Bertz CT molecular complexity index is 326. The molecule has 0 spiro atoms. The fraction of sp³-hybridized carbons (Fsp3) is 0.545. The molecule has 0 aliphatic carbocycles. The number of hydrogen-bond donors (Lipinski definition) is 1. The number of nitrogens with zero attached hydrogens (tertiary/aromatic N) is 1. The molecule has 1 heterocycles. The van der Waals surface area contributed by atoms with E-state index in [2.05, 4.69) is 44.1 Å². The summed E-state index contributed by atoms with van der Waals surface area (Å²) in [4.78, 5) is 5.69. The first kappa shape index (κ1) is 11.4. The third kappa shape index (κ3) is 3.24. The fourth-order valence-electron chi connectivity index (χ4n) is 1.28. The Labute approximate surface area is 90.1 Å². The number of hydrogen-bond acceptors (Lipinski definition) is 3. The van der Waals surface area contributed by atoms with Crippen LogP contribution in [0.4, 0.5) is 0 Å². The number of aromatic nitrogens is 1. The fourth-order valence-corrected chi connectivity index (χ4v) is 2.23. The molecular formula is C11H18N2S. The molecule has 2 nitrogen and oxygen atoms in total. The predicted molar refractivity (Wildman–Crippen MR) is 63.8 cm³/mol. The lowest BCUT2D eigenvalue weighted by atomic mass is 10.2. The third-order valence-electron chi connectivity index (χ3n) is 1.97. The lowest BCUT2D eigenvalue weighted by Gasteiger charge is -2.00. The maximum atomic E-state index is 4.40. The second-order valence-electron chi connectivity index (χ2n) is 3.45. The van der Waals surface area contributed by atoms with E-state index in [4.69, 9.17) is 0 Å². The molecule has 0 fully saturated rings.